The maximum absolute atomic E-state index is 11.8. The number of hydrogen-bond acceptors (Lipinski definition) is 4. The van der Waals surface area contributed by atoms with E-state index in [1.54, 1.807) is 19.2 Å². The molecule has 1 N–H and O–H groups in total. The summed E-state index contributed by atoms with van der Waals surface area (Å²) in [5.41, 5.74) is 1.70. The molecule has 0 aliphatic carbocycles. The van der Waals surface area contributed by atoms with Gasteiger partial charge in [-0.3, -0.25) is 0 Å². The van der Waals surface area contributed by atoms with Gasteiger partial charge in [0.2, 0.25) is 0 Å². The standard InChI is InChI=1S/C14H19NO3/c1-17-11-3-4-12(14(16)18-2)13(9-11)10-5-7-15-8-6-10/h3-4,9-10,15H,5-8H2,1-2H3. The van der Waals surface area contributed by atoms with Crippen molar-refractivity contribution in [3.05, 3.63) is 29.3 Å². The van der Waals surface area contributed by atoms with Crippen LogP contribution >= 0.6 is 0 Å². The van der Waals surface area contributed by atoms with Crippen molar-refractivity contribution in [1.82, 2.24) is 5.32 Å². The first-order chi connectivity index (χ1) is 8.76. The van der Waals surface area contributed by atoms with Crippen LogP contribution in [0.4, 0.5) is 0 Å². The zero-order valence-electron chi connectivity index (χ0n) is 10.9. The first kappa shape index (κ1) is 12.9. The summed E-state index contributed by atoms with van der Waals surface area (Å²) in [5, 5.41) is 3.33. The van der Waals surface area contributed by atoms with Gasteiger partial charge in [-0.15, -0.1) is 0 Å². The topological polar surface area (TPSA) is 47.6 Å². The van der Waals surface area contributed by atoms with Crippen LogP contribution in [0.2, 0.25) is 0 Å². The highest BCUT2D eigenvalue weighted by Crippen LogP contribution is 2.31. The highest BCUT2D eigenvalue weighted by molar-refractivity contribution is 5.91. The molecule has 0 bridgehead atoms. The lowest BCUT2D eigenvalue weighted by molar-refractivity contribution is 0.0598. The summed E-state index contributed by atoms with van der Waals surface area (Å²) >= 11 is 0. The van der Waals surface area contributed by atoms with Crippen LogP contribution in [0.3, 0.4) is 0 Å². The van der Waals surface area contributed by atoms with Gasteiger partial charge < -0.3 is 14.8 Å². The molecule has 0 amide bonds. The normalized spacial score (nSPS) is 16.3. The Bertz CT molecular complexity index is 425. The molecular formula is C14H19NO3. The zero-order chi connectivity index (χ0) is 13.0. The Balaban J connectivity index is 2.36. The molecule has 4 heteroatoms. The number of methoxy groups -OCH3 is 2. The predicted molar refractivity (Wildman–Crippen MR) is 69.2 cm³/mol. The van der Waals surface area contributed by atoms with Crippen molar-refractivity contribution in [3.63, 3.8) is 0 Å². The average Bonchev–Trinajstić information content (AvgIpc) is 2.46. The van der Waals surface area contributed by atoms with Gasteiger partial charge in [-0.25, -0.2) is 4.79 Å². The van der Waals surface area contributed by atoms with Gasteiger partial charge in [0.15, 0.2) is 0 Å². The molecule has 1 aromatic carbocycles. The van der Waals surface area contributed by atoms with Gasteiger partial charge in [-0.05, 0) is 55.6 Å². The molecule has 0 aromatic heterocycles. The van der Waals surface area contributed by atoms with Gasteiger partial charge in [-0.1, -0.05) is 0 Å². The molecule has 1 fully saturated rings. The van der Waals surface area contributed by atoms with E-state index in [4.69, 9.17) is 9.47 Å². The molecule has 0 spiro atoms. The minimum Gasteiger partial charge on any atom is -0.497 e. The van der Waals surface area contributed by atoms with E-state index in [1.165, 1.54) is 7.11 Å². The fourth-order valence-corrected chi connectivity index (χ4v) is 2.43. The van der Waals surface area contributed by atoms with Crippen molar-refractivity contribution in [2.24, 2.45) is 0 Å². The Morgan fingerprint density at radius 2 is 2.00 bits per heavy atom. The van der Waals surface area contributed by atoms with E-state index in [9.17, 15) is 4.79 Å². The van der Waals surface area contributed by atoms with Crippen LogP contribution in [0.25, 0.3) is 0 Å². The summed E-state index contributed by atoms with van der Waals surface area (Å²) in [6.45, 7) is 1.98. The monoisotopic (exact) mass is 249 g/mol. The average molecular weight is 249 g/mol. The van der Waals surface area contributed by atoms with Crippen LogP contribution < -0.4 is 10.1 Å². The van der Waals surface area contributed by atoms with E-state index < -0.39 is 0 Å². The van der Waals surface area contributed by atoms with Gasteiger partial charge >= 0.3 is 5.97 Å². The minimum absolute atomic E-state index is 0.272. The fraction of sp³-hybridized carbons (Fsp3) is 0.500. The molecule has 1 saturated heterocycles. The van der Waals surface area contributed by atoms with Crippen LogP contribution in [-0.2, 0) is 4.74 Å². The summed E-state index contributed by atoms with van der Waals surface area (Å²) in [6.07, 6.45) is 2.08. The molecule has 1 aliphatic heterocycles. The third kappa shape index (κ3) is 2.64. The highest BCUT2D eigenvalue weighted by Gasteiger charge is 2.22. The number of hydrogen-bond donors (Lipinski definition) is 1. The third-order valence-electron chi connectivity index (χ3n) is 3.44. The van der Waals surface area contributed by atoms with E-state index in [1.807, 2.05) is 6.07 Å². The molecule has 4 nitrogen and oxygen atoms in total. The van der Waals surface area contributed by atoms with Gasteiger partial charge in [0.05, 0.1) is 19.8 Å². The van der Waals surface area contributed by atoms with Crippen molar-refractivity contribution in [1.29, 1.82) is 0 Å². The first-order valence-corrected chi connectivity index (χ1v) is 6.23. The summed E-state index contributed by atoms with van der Waals surface area (Å²) in [5.74, 6) is 0.915. The summed E-state index contributed by atoms with van der Waals surface area (Å²) < 4.78 is 10.1. The molecule has 98 valence electrons. The quantitative estimate of drug-likeness (QED) is 0.832. The number of piperidine rings is 1. The molecule has 1 aromatic rings. The Kier molecular flexibility index (Phi) is 4.20. The minimum atomic E-state index is -0.272. The fourth-order valence-electron chi connectivity index (χ4n) is 2.43. The number of nitrogens with one attached hydrogen (secondary N) is 1. The lowest BCUT2D eigenvalue weighted by Gasteiger charge is -2.24. The molecule has 2 rings (SSSR count). The van der Waals surface area contributed by atoms with Crippen LogP contribution in [0.1, 0.15) is 34.7 Å². The van der Waals surface area contributed by atoms with Crippen molar-refractivity contribution in [2.75, 3.05) is 27.3 Å². The largest absolute Gasteiger partial charge is 0.497 e. The smallest absolute Gasteiger partial charge is 0.338 e. The summed E-state index contributed by atoms with van der Waals surface area (Å²) in [7, 11) is 3.05. The number of ether oxygens (including phenoxy) is 2. The van der Waals surface area contributed by atoms with Gasteiger partial charge in [0, 0.05) is 0 Å². The van der Waals surface area contributed by atoms with E-state index in [0.29, 0.717) is 11.5 Å². The van der Waals surface area contributed by atoms with Gasteiger partial charge in [-0.2, -0.15) is 0 Å². The van der Waals surface area contributed by atoms with E-state index >= 15 is 0 Å². The first-order valence-electron chi connectivity index (χ1n) is 6.23. The lowest BCUT2D eigenvalue weighted by Crippen LogP contribution is -2.27. The number of benzene rings is 1. The molecule has 18 heavy (non-hydrogen) atoms. The predicted octanol–water partition coefficient (Wildman–Crippen LogP) is 1.95. The van der Waals surface area contributed by atoms with Gasteiger partial charge in [0.25, 0.3) is 0 Å². The maximum atomic E-state index is 11.8. The second kappa shape index (κ2) is 5.87. The molecule has 1 aliphatic rings. The second-order valence-corrected chi connectivity index (χ2v) is 4.47. The molecular weight excluding hydrogens is 230 g/mol. The zero-order valence-corrected chi connectivity index (χ0v) is 10.9. The number of rotatable bonds is 3. The SMILES string of the molecule is COC(=O)c1ccc(OC)cc1C1CCNCC1. The number of carbonyl (C=O) groups excluding carboxylic acids is 1. The van der Waals surface area contributed by atoms with Crippen LogP contribution in [0, 0.1) is 0 Å². The summed E-state index contributed by atoms with van der Waals surface area (Å²) in [4.78, 5) is 11.8. The van der Waals surface area contributed by atoms with Crippen LogP contribution in [0.15, 0.2) is 18.2 Å². The van der Waals surface area contributed by atoms with Crippen molar-refractivity contribution >= 4 is 5.97 Å². The Morgan fingerprint density at radius 1 is 1.28 bits per heavy atom. The Hall–Kier alpha value is -1.55. The molecule has 0 radical (unpaired) electrons. The Morgan fingerprint density at radius 3 is 2.61 bits per heavy atom. The highest BCUT2D eigenvalue weighted by atomic mass is 16.5. The number of carbonyl (C=O) groups is 1. The van der Waals surface area contributed by atoms with Crippen molar-refractivity contribution in [2.45, 2.75) is 18.8 Å². The second-order valence-electron chi connectivity index (χ2n) is 4.47. The molecule has 0 saturated carbocycles. The van der Waals surface area contributed by atoms with Crippen molar-refractivity contribution in [3.8, 4) is 5.75 Å². The van der Waals surface area contributed by atoms with E-state index in [-0.39, 0.29) is 5.97 Å². The van der Waals surface area contributed by atoms with Crippen molar-refractivity contribution < 1.29 is 14.3 Å². The molecule has 1 heterocycles. The molecule has 0 atom stereocenters. The maximum Gasteiger partial charge on any atom is 0.338 e. The third-order valence-corrected chi connectivity index (χ3v) is 3.44. The number of esters is 1. The van der Waals surface area contributed by atoms with Crippen LogP contribution in [-0.4, -0.2) is 33.3 Å². The van der Waals surface area contributed by atoms with Crippen LogP contribution in [0.5, 0.6) is 5.75 Å². The summed E-state index contributed by atoms with van der Waals surface area (Å²) in [6, 6.07) is 5.56. The lowest BCUT2D eigenvalue weighted by atomic mass is 9.87. The molecule has 0 unspecified atom stereocenters. The van der Waals surface area contributed by atoms with Gasteiger partial charge in [0.1, 0.15) is 5.75 Å². The van der Waals surface area contributed by atoms with E-state index in [0.717, 1.165) is 37.2 Å². The Labute approximate surface area is 107 Å². The van der Waals surface area contributed by atoms with E-state index in [2.05, 4.69) is 5.32 Å².